The average Bonchev–Trinajstić information content (AvgIpc) is 3.32. The maximum atomic E-state index is 12.7. The van der Waals surface area contributed by atoms with Crippen LogP contribution >= 0.6 is 0 Å². The maximum Gasteiger partial charge on any atom is 0.220 e. The lowest BCUT2D eigenvalue weighted by molar-refractivity contribution is 0.0970. The monoisotopic (exact) mass is 343 g/mol. The summed E-state index contributed by atoms with van der Waals surface area (Å²) in [6, 6.07) is 16.2. The van der Waals surface area contributed by atoms with Crippen molar-refractivity contribution in [2.45, 2.75) is 12.5 Å². The van der Waals surface area contributed by atoms with Crippen LogP contribution in [0, 0.1) is 11.3 Å². The van der Waals surface area contributed by atoms with E-state index in [4.69, 9.17) is 4.42 Å². The van der Waals surface area contributed by atoms with Crippen LogP contribution in [0.1, 0.15) is 27.7 Å². The smallest absolute Gasteiger partial charge is 0.220 e. The third-order valence-corrected chi connectivity index (χ3v) is 4.00. The fourth-order valence-electron chi connectivity index (χ4n) is 2.68. The molecule has 0 bridgehead atoms. The first-order valence-electron chi connectivity index (χ1n) is 7.95. The van der Waals surface area contributed by atoms with Crippen molar-refractivity contribution >= 4 is 16.9 Å². The Morgan fingerprint density at radius 3 is 2.69 bits per heavy atom. The van der Waals surface area contributed by atoms with Gasteiger partial charge in [0.1, 0.15) is 18.2 Å². The molecule has 0 amide bonds. The molecule has 2 aromatic carbocycles. The molecule has 2 aromatic heterocycles. The van der Waals surface area contributed by atoms with Gasteiger partial charge in [-0.05, 0) is 17.7 Å². The summed E-state index contributed by atoms with van der Waals surface area (Å²) < 4.78 is 7.27. The molecule has 4 aromatic rings. The number of ketones is 1. The molecule has 0 N–H and O–H groups in total. The van der Waals surface area contributed by atoms with E-state index < -0.39 is 5.92 Å². The number of rotatable bonds is 5. The summed E-state index contributed by atoms with van der Waals surface area (Å²) in [5.74, 6) is -1.31. The normalized spacial score (nSPS) is 12.0. The van der Waals surface area contributed by atoms with Gasteiger partial charge in [0.15, 0.2) is 17.3 Å². The molecule has 0 saturated carbocycles. The number of benzene rings is 2. The molecule has 0 aliphatic carbocycles. The van der Waals surface area contributed by atoms with Crippen molar-refractivity contribution in [2.75, 3.05) is 0 Å². The van der Waals surface area contributed by atoms with Crippen LogP contribution in [0.3, 0.4) is 0 Å². The van der Waals surface area contributed by atoms with Crippen LogP contribution in [0.15, 0.2) is 65.6 Å². The summed E-state index contributed by atoms with van der Waals surface area (Å²) in [5, 5.41) is 13.5. The summed E-state index contributed by atoms with van der Waals surface area (Å²) in [5.41, 5.74) is 2.58. The Kier molecular flexibility index (Phi) is 4.00. The molecule has 0 radical (unpaired) electrons. The molecule has 0 spiro atoms. The van der Waals surface area contributed by atoms with Crippen molar-refractivity contribution in [1.29, 1.82) is 5.26 Å². The molecular formula is C19H13N5O2. The highest BCUT2D eigenvalue weighted by molar-refractivity contribution is 6.02. The van der Waals surface area contributed by atoms with E-state index in [0.717, 1.165) is 5.56 Å². The van der Waals surface area contributed by atoms with E-state index in [1.54, 1.807) is 35.3 Å². The van der Waals surface area contributed by atoms with Gasteiger partial charge >= 0.3 is 0 Å². The SMILES string of the molecule is N#CC(C(=O)c1ccc(Cn2cncn2)cc1)c1nc2ccccc2o1. The number of hydrogen-bond acceptors (Lipinski definition) is 6. The Labute approximate surface area is 148 Å². The fraction of sp³-hybridized carbons (Fsp3) is 0.105. The minimum Gasteiger partial charge on any atom is -0.439 e. The van der Waals surface area contributed by atoms with E-state index in [1.165, 1.54) is 6.33 Å². The third kappa shape index (κ3) is 2.96. The number of fused-ring (bicyclic) bond motifs is 1. The summed E-state index contributed by atoms with van der Waals surface area (Å²) in [7, 11) is 0. The third-order valence-electron chi connectivity index (χ3n) is 4.00. The van der Waals surface area contributed by atoms with E-state index in [9.17, 15) is 10.1 Å². The molecule has 7 nitrogen and oxygen atoms in total. The van der Waals surface area contributed by atoms with E-state index in [1.807, 2.05) is 30.3 Å². The van der Waals surface area contributed by atoms with Gasteiger partial charge in [0.05, 0.1) is 12.6 Å². The molecule has 1 atom stereocenters. The minimum absolute atomic E-state index is 0.116. The van der Waals surface area contributed by atoms with Gasteiger partial charge in [0, 0.05) is 5.56 Å². The van der Waals surface area contributed by atoms with Crippen LogP contribution in [0.25, 0.3) is 11.1 Å². The predicted molar refractivity (Wildman–Crippen MR) is 92.3 cm³/mol. The van der Waals surface area contributed by atoms with E-state index >= 15 is 0 Å². The average molecular weight is 343 g/mol. The first-order chi connectivity index (χ1) is 12.7. The second kappa shape index (κ2) is 6.61. The Balaban J connectivity index is 1.57. The molecule has 26 heavy (non-hydrogen) atoms. The summed E-state index contributed by atoms with van der Waals surface area (Å²) in [4.78, 5) is 20.9. The van der Waals surface area contributed by atoms with Crippen molar-refractivity contribution < 1.29 is 9.21 Å². The van der Waals surface area contributed by atoms with Gasteiger partial charge < -0.3 is 4.42 Å². The number of aromatic nitrogens is 4. The molecule has 4 rings (SSSR count). The summed E-state index contributed by atoms with van der Waals surface area (Å²) in [6.07, 6.45) is 3.09. The summed E-state index contributed by atoms with van der Waals surface area (Å²) in [6.45, 7) is 0.557. The van der Waals surface area contributed by atoms with Crippen molar-refractivity contribution in [3.05, 3.63) is 78.2 Å². The number of Topliss-reactive ketones (excluding diaryl/α,β-unsaturated/α-hetero) is 1. The Morgan fingerprint density at radius 2 is 2.00 bits per heavy atom. The second-order valence-electron chi connectivity index (χ2n) is 5.74. The molecule has 7 heteroatoms. The maximum absolute atomic E-state index is 12.7. The van der Waals surface area contributed by atoms with Gasteiger partial charge in [-0.3, -0.25) is 4.79 Å². The molecule has 2 heterocycles. The van der Waals surface area contributed by atoms with Crippen LogP contribution < -0.4 is 0 Å². The van der Waals surface area contributed by atoms with Gasteiger partial charge in [-0.2, -0.15) is 10.4 Å². The summed E-state index contributed by atoms with van der Waals surface area (Å²) >= 11 is 0. The van der Waals surface area contributed by atoms with Crippen molar-refractivity contribution in [3.8, 4) is 6.07 Å². The molecule has 0 aliphatic heterocycles. The number of carbonyl (C=O) groups is 1. The Morgan fingerprint density at radius 1 is 1.19 bits per heavy atom. The Bertz CT molecular complexity index is 1060. The first kappa shape index (κ1) is 15.7. The lowest BCUT2D eigenvalue weighted by Crippen LogP contribution is -2.12. The lowest BCUT2D eigenvalue weighted by Gasteiger charge is -2.06. The highest BCUT2D eigenvalue weighted by Gasteiger charge is 2.27. The highest BCUT2D eigenvalue weighted by atomic mass is 16.3. The van der Waals surface area contributed by atoms with Gasteiger partial charge in [-0.25, -0.2) is 14.6 Å². The Hall–Kier alpha value is -3.79. The van der Waals surface area contributed by atoms with Gasteiger partial charge in [-0.1, -0.05) is 36.4 Å². The van der Waals surface area contributed by atoms with E-state index in [2.05, 4.69) is 15.1 Å². The predicted octanol–water partition coefficient (Wildman–Crippen LogP) is 2.96. The van der Waals surface area contributed by atoms with Gasteiger partial charge in [0.2, 0.25) is 5.89 Å². The zero-order chi connectivity index (χ0) is 17.9. The number of oxazole rings is 1. The van der Waals surface area contributed by atoms with Crippen LogP contribution in [0.5, 0.6) is 0 Å². The number of nitrogens with zero attached hydrogens (tertiary/aromatic N) is 5. The van der Waals surface area contributed by atoms with Crippen molar-refractivity contribution in [1.82, 2.24) is 19.7 Å². The quantitative estimate of drug-likeness (QED) is 0.517. The van der Waals surface area contributed by atoms with E-state index in [-0.39, 0.29) is 11.7 Å². The zero-order valence-corrected chi connectivity index (χ0v) is 13.6. The largest absolute Gasteiger partial charge is 0.439 e. The van der Waals surface area contributed by atoms with Crippen LogP contribution in [0.4, 0.5) is 0 Å². The molecule has 126 valence electrons. The van der Waals surface area contributed by atoms with E-state index in [0.29, 0.717) is 23.2 Å². The number of para-hydroxylation sites is 2. The topological polar surface area (TPSA) is 97.6 Å². The van der Waals surface area contributed by atoms with Crippen molar-refractivity contribution in [2.24, 2.45) is 0 Å². The lowest BCUT2D eigenvalue weighted by atomic mass is 9.98. The molecule has 0 fully saturated rings. The van der Waals surface area contributed by atoms with Crippen molar-refractivity contribution in [3.63, 3.8) is 0 Å². The van der Waals surface area contributed by atoms with Crippen LogP contribution in [-0.2, 0) is 6.54 Å². The molecule has 0 saturated heterocycles. The highest BCUT2D eigenvalue weighted by Crippen LogP contribution is 2.24. The standard InChI is InChI=1S/C19H13N5O2/c20-9-15(19-23-16-3-1-2-4-17(16)26-19)18(25)14-7-5-13(6-8-14)10-24-12-21-11-22-24/h1-8,11-12,15H,10H2. The first-order valence-corrected chi connectivity index (χ1v) is 7.95. The fourth-order valence-corrected chi connectivity index (χ4v) is 2.68. The molecule has 0 aliphatic rings. The molecule has 1 unspecified atom stereocenters. The zero-order valence-electron chi connectivity index (χ0n) is 13.6. The van der Waals surface area contributed by atoms with Gasteiger partial charge in [-0.15, -0.1) is 0 Å². The number of carbonyl (C=O) groups excluding carboxylic acids is 1. The minimum atomic E-state index is -1.08. The second-order valence-corrected chi connectivity index (χ2v) is 5.74. The number of nitriles is 1. The van der Waals surface area contributed by atoms with Crippen LogP contribution in [-0.4, -0.2) is 25.5 Å². The number of hydrogen-bond donors (Lipinski definition) is 0. The van der Waals surface area contributed by atoms with Gasteiger partial charge in [0.25, 0.3) is 0 Å². The van der Waals surface area contributed by atoms with Crippen LogP contribution in [0.2, 0.25) is 0 Å². The molecular weight excluding hydrogens is 330 g/mol.